The van der Waals surface area contributed by atoms with Crippen molar-refractivity contribution in [3.8, 4) is 5.75 Å². The summed E-state index contributed by atoms with van der Waals surface area (Å²) in [6.45, 7) is 0. The quantitative estimate of drug-likeness (QED) is 0.494. The van der Waals surface area contributed by atoms with Gasteiger partial charge in [-0.2, -0.15) is 5.10 Å². The van der Waals surface area contributed by atoms with Crippen LogP contribution in [0.5, 0.6) is 5.75 Å². The molecule has 0 aliphatic rings. The number of aromatic hydroxyl groups is 1. The van der Waals surface area contributed by atoms with Crippen molar-refractivity contribution >= 4 is 45.1 Å². The predicted octanol–water partition coefficient (Wildman–Crippen LogP) is 2.31. The van der Waals surface area contributed by atoms with E-state index in [9.17, 15) is 9.32 Å². The number of rotatable bonds is 2. The zero-order valence-corrected chi connectivity index (χ0v) is 15.2. The summed E-state index contributed by atoms with van der Waals surface area (Å²) in [6.07, 6.45) is 4.85. The standard InChI is InChI=1S/C14H15N3OS.C2H6OS/c1-17(2)14(19)16-15-9-12-11-6-4-3-5-10(11)7-8-13(12)18;1-4(2)3/h3-9,18H,1-2H3,(H,16,19);1-2H3/b15-9+;. The molecule has 0 aliphatic heterocycles. The maximum atomic E-state index is 9.92. The van der Waals surface area contributed by atoms with E-state index in [0.29, 0.717) is 10.7 Å². The van der Waals surface area contributed by atoms with Crippen LogP contribution < -0.4 is 5.43 Å². The van der Waals surface area contributed by atoms with Crippen molar-refractivity contribution in [1.82, 2.24) is 10.3 Å². The lowest BCUT2D eigenvalue weighted by atomic mass is 10.0. The molecule has 23 heavy (non-hydrogen) atoms. The number of nitrogens with zero attached hydrogens (tertiary/aromatic N) is 2. The first-order chi connectivity index (χ1) is 10.8. The van der Waals surface area contributed by atoms with E-state index < -0.39 is 10.8 Å². The third-order valence-corrected chi connectivity index (χ3v) is 3.16. The third-order valence-electron chi connectivity index (χ3n) is 2.71. The molecule has 2 N–H and O–H groups in total. The van der Waals surface area contributed by atoms with Gasteiger partial charge in [0.2, 0.25) is 0 Å². The van der Waals surface area contributed by atoms with Gasteiger partial charge in [0.25, 0.3) is 0 Å². The molecule has 0 radical (unpaired) electrons. The Morgan fingerprint density at radius 3 is 2.48 bits per heavy atom. The van der Waals surface area contributed by atoms with E-state index in [-0.39, 0.29) is 5.75 Å². The van der Waals surface area contributed by atoms with Crippen molar-refractivity contribution < 1.29 is 9.32 Å². The molecule has 0 unspecified atom stereocenters. The molecule has 0 amide bonds. The summed E-state index contributed by atoms with van der Waals surface area (Å²) >= 11 is 5.06. The monoisotopic (exact) mass is 351 g/mol. The molecule has 2 aromatic rings. The second-order valence-corrected chi connectivity index (χ2v) is 6.90. The van der Waals surface area contributed by atoms with Crippen LogP contribution in [0.25, 0.3) is 10.8 Å². The molecular weight excluding hydrogens is 330 g/mol. The average molecular weight is 351 g/mol. The number of phenols is 1. The first-order valence-electron chi connectivity index (χ1n) is 6.79. The fraction of sp³-hybridized carbons (Fsp3) is 0.250. The van der Waals surface area contributed by atoms with Gasteiger partial charge in [0.05, 0.1) is 6.21 Å². The second-order valence-electron chi connectivity index (χ2n) is 5.03. The van der Waals surface area contributed by atoms with Gasteiger partial charge < -0.3 is 10.0 Å². The lowest BCUT2D eigenvalue weighted by Crippen LogP contribution is -2.30. The van der Waals surface area contributed by atoms with E-state index in [4.69, 9.17) is 12.2 Å². The van der Waals surface area contributed by atoms with Crippen molar-refractivity contribution in [3.63, 3.8) is 0 Å². The normalized spacial score (nSPS) is 10.5. The fourth-order valence-corrected chi connectivity index (χ4v) is 1.72. The number of hydrogen-bond donors (Lipinski definition) is 2. The number of nitrogens with one attached hydrogen (secondary N) is 1. The summed E-state index contributed by atoms with van der Waals surface area (Å²) in [7, 11) is 3.06. The molecule has 0 spiro atoms. The van der Waals surface area contributed by atoms with Crippen LogP contribution in [-0.4, -0.2) is 52.1 Å². The number of thiocarbonyl (C=S) groups is 1. The van der Waals surface area contributed by atoms with E-state index in [0.717, 1.165) is 10.8 Å². The maximum Gasteiger partial charge on any atom is 0.189 e. The van der Waals surface area contributed by atoms with E-state index in [1.165, 1.54) is 0 Å². The molecule has 0 fully saturated rings. The molecular formula is C16H21N3O2S2. The summed E-state index contributed by atoms with van der Waals surface area (Å²) in [5, 5.41) is 16.5. The van der Waals surface area contributed by atoms with Gasteiger partial charge >= 0.3 is 0 Å². The highest BCUT2D eigenvalue weighted by Gasteiger charge is 2.04. The van der Waals surface area contributed by atoms with Crippen LogP contribution in [0.3, 0.4) is 0 Å². The Labute approximate surface area is 144 Å². The molecule has 0 bridgehead atoms. The van der Waals surface area contributed by atoms with Crippen LogP contribution >= 0.6 is 12.2 Å². The van der Waals surface area contributed by atoms with Crippen LogP contribution in [0.4, 0.5) is 0 Å². The summed E-state index contributed by atoms with van der Waals surface area (Å²) in [4.78, 5) is 1.75. The molecule has 5 nitrogen and oxygen atoms in total. The minimum absolute atomic E-state index is 0.194. The van der Waals surface area contributed by atoms with Crippen LogP contribution in [0, 0.1) is 0 Å². The Bertz CT molecular complexity index is 726. The molecule has 0 saturated carbocycles. The molecule has 2 aromatic carbocycles. The maximum absolute atomic E-state index is 9.92. The topological polar surface area (TPSA) is 64.9 Å². The number of hydrogen-bond acceptors (Lipinski definition) is 4. The molecule has 0 atom stereocenters. The predicted molar refractivity (Wildman–Crippen MR) is 103 cm³/mol. The number of hydrazone groups is 1. The fourth-order valence-electron chi connectivity index (χ4n) is 1.67. The molecule has 0 aromatic heterocycles. The molecule has 7 heteroatoms. The minimum Gasteiger partial charge on any atom is -0.507 e. The van der Waals surface area contributed by atoms with Gasteiger partial charge in [-0.1, -0.05) is 30.3 Å². The Morgan fingerprint density at radius 2 is 1.87 bits per heavy atom. The summed E-state index contributed by atoms with van der Waals surface area (Å²) in [6, 6.07) is 11.4. The molecule has 124 valence electrons. The van der Waals surface area contributed by atoms with Crippen LogP contribution in [0.1, 0.15) is 5.56 Å². The van der Waals surface area contributed by atoms with Gasteiger partial charge in [-0.15, -0.1) is 0 Å². The van der Waals surface area contributed by atoms with Gasteiger partial charge in [-0.25, -0.2) is 0 Å². The Balaban J connectivity index is 0.000000593. The Hall–Kier alpha value is -1.99. The van der Waals surface area contributed by atoms with E-state index in [1.54, 1.807) is 29.7 Å². The minimum atomic E-state index is -0.611. The van der Waals surface area contributed by atoms with Crippen molar-refractivity contribution in [1.29, 1.82) is 0 Å². The smallest absolute Gasteiger partial charge is 0.189 e. The number of benzene rings is 2. The highest BCUT2D eigenvalue weighted by Crippen LogP contribution is 2.25. The zero-order chi connectivity index (χ0) is 17.4. The second kappa shape index (κ2) is 9.22. The SMILES string of the molecule is CN(C)C(=S)N/N=C/c1c(O)ccc2ccccc12.CS(C)=O. The largest absolute Gasteiger partial charge is 0.507 e. The highest BCUT2D eigenvalue weighted by molar-refractivity contribution is 7.83. The van der Waals surface area contributed by atoms with E-state index in [1.807, 2.05) is 44.4 Å². The Morgan fingerprint density at radius 1 is 1.26 bits per heavy atom. The van der Waals surface area contributed by atoms with Crippen LogP contribution in [0.15, 0.2) is 41.5 Å². The number of phenolic OH excluding ortho intramolecular Hbond substituents is 1. The zero-order valence-electron chi connectivity index (χ0n) is 13.6. The van der Waals surface area contributed by atoms with Gasteiger partial charge in [0.1, 0.15) is 5.75 Å². The average Bonchev–Trinajstić information content (AvgIpc) is 2.48. The van der Waals surface area contributed by atoms with Gasteiger partial charge in [0.15, 0.2) is 5.11 Å². The first kappa shape index (κ1) is 19.1. The van der Waals surface area contributed by atoms with E-state index in [2.05, 4.69) is 10.5 Å². The molecule has 0 aliphatic carbocycles. The van der Waals surface area contributed by atoms with Crippen molar-refractivity contribution in [2.75, 3.05) is 26.6 Å². The summed E-state index contributed by atoms with van der Waals surface area (Å²) in [5.74, 6) is 0.194. The van der Waals surface area contributed by atoms with Gasteiger partial charge in [0, 0.05) is 43.0 Å². The van der Waals surface area contributed by atoms with Gasteiger partial charge in [-0.3, -0.25) is 9.63 Å². The van der Waals surface area contributed by atoms with Crippen molar-refractivity contribution in [3.05, 3.63) is 42.0 Å². The van der Waals surface area contributed by atoms with Gasteiger partial charge in [-0.05, 0) is 29.1 Å². The molecule has 0 saturated heterocycles. The lowest BCUT2D eigenvalue weighted by molar-refractivity contribution is 0.475. The van der Waals surface area contributed by atoms with Crippen LogP contribution in [0.2, 0.25) is 0 Å². The number of fused-ring (bicyclic) bond motifs is 1. The van der Waals surface area contributed by atoms with Crippen LogP contribution in [-0.2, 0) is 10.8 Å². The third kappa shape index (κ3) is 6.33. The Kier molecular flexibility index (Phi) is 7.64. The lowest BCUT2D eigenvalue weighted by Gasteiger charge is -2.11. The van der Waals surface area contributed by atoms with E-state index >= 15 is 0 Å². The van der Waals surface area contributed by atoms with Crippen molar-refractivity contribution in [2.45, 2.75) is 0 Å². The van der Waals surface area contributed by atoms with Crippen molar-refractivity contribution in [2.24, 2.45) is 5.10 Å². The summed E-state index contributed by atoms with van der Waals surface area (Å²) in [5.41, 5.74) is 3.41. The molecule has 2 rings (SSSR count). The molecule has 0 heterocycles. The summed E-state index contributed by atoms with van der Waals surface area (Å²) < 4.78 is 9.56. The highest BCUT2D eigenvalue weighted by atomic mass is 32.2. The first-order valence-corrected chi connectivity index (χ1v) is 9.16.